The van der Waals surface area contributed by atoms with E-state index in [9.17, 15) is 9.59 Å². The van der Waals surface area contributed by atoms with Crippen molar-refractivity contribution < 1.29 is 14.0 Å². The summed E-state index contributed by atoms with van der Waals surface area (Å²) in [7, 11) is -2.29. The largest absolute Gasteiger partial charge is 0.413 e. The minimum Gasteiger partial charge on any atom is -0.413 e. The van der Waals surface area contributed by atoms with Crippen molar-refractivity contribution in [3.05, 3.63) is 127 Å². The predicted molar refractivity (Wildman–Crippen MR) is 191 cm³/mol. The second-order valence-corrected chi connectivity index (χ2v) is 20.9. The van der Waals surface area contributed by atoms with Crippen LogP contribution in [0, 0.1) is 0 Å². The highest BCUT2D eigenvalue weighted by atomic mass is 31.2. The van der Waals surface area contributed by atoms with E-state index in [4.69, 9.17) is 4.43 Å². The first-order valence-corrected chi connectivity index (χ1v) is 20.2. The number of nitrogens with one attached hydrogen (secondary N) is 1. The number of ketones is 1. The van der Waals surface area contributed by atoms with Gasteiger partial charge in [0, 0.05) is 6.42 Å². The summed E-state index contributed by atoms with van der Waals surface area (Å²) in [6.07, 6.45) is -0.281. The Bertz CT molecular complexity index is 1460. The van der Waals surface area contributed by atoms with Gasteiger partial charge in [-0.3, -0.25) is 9.59 Å². The number of carbonyl (C=O) groups excluding carboxylic acids is 2. The summed E-state index contributed by atoms with van der Waals surface area (Å²) in [6, 6.07) is 40.8. The second kappa shape index (κ2) is 14.5. The third kappa shape index (κ3) is 8.15. The van der Waals surface area contributed by atoms with Crippen molar-refractivity contribution in [2.45, 2.75) is 70.8 Å². The SMILES string of the molecule is CC(NC(=O)CC(CC(=O)C=P(c1ccccc1)(c1ccccc1)c1ccccc1)O[Si](C)(C)C(C)(C)C)c1ccccc1. The lowest BCUT2D eigenvalue weighted by Crippen LogP contribution is -2.45. The number of rotatable bonds is 12. The molecule has 0 saturated heterocycles. The molecular weight excluding hydrogens is 577 g/mol. The fourth-order valence-electron chi connectivity index (χ4n) is 5.23. The first-order chi connectivity index (χ1) is 20.9. The topological polar surface area (TPSA) is 55.4 Å². The molecule has 1 amide bonds. The molecule has 0 aliphatic carbocycles. The zero-order valence-corrected chi connectivity index (χ0v) is 28.8. The van der Waals surface area contributed by atoms with Crippen molar-refractivity contribution in [1.82, 2.24) is 5.32 Å². The highest BCUT2D eigenvalue weighted by Gasteiger charge is 2.40. The van der Waals surface area contributed by atoms with Crippen LogP contribution in [0.3, 0.4) is 0 Å². The van der Waals surface area contributed by atoms with Crippen molar-refractivity contribution in [2.24, 2.45) is 0 Å². The first-order valence-electron chi connectivity index (χ1n) is 15.4. The van der Waals surface area contributed by atoms with E-state index in [0.717, 1.165) is 21.5 Å². The molecule has 0 spiro atoms. The van der Waals surface area contributed by atoms with E-state index in [1.807, 2.05) is 97.6 Å². The van der Waals surface area contributed by atoms with Gasteiger partial charge in [-0.15, -0.1) is 0 Å². The van der Waals surface area contributed by atoms with Crippen LogP contribution >= 0.6 is 6.89 Å². The monoisotopic (exact) mass is 623 g/mol. The maximum absolute atomic E-state index is 14.3. The van der Waals surface area contributed by atoms with Gasteiger partial charge in [-0.1, -0.05) is 142 Å². The van der Waals surface area contributed by atoms with Crippen LogP contribution in [0.25, 0.3) is 0 Å². The van der Waals surface area contributed by atoms with Gasteiger partial charge in [-0.2, -0.15) is 0 Å². The molecule has 44 heavy (non-hydrogen) atoms. The number of carbonyl (C=O) groups is 2. The number of amides is 1. The highest BCUT2D eigenvalue weighted by Crippen LogP contribution is 2.44. The number of Topliss-reactive ketones (excluding diaryl/α,β-unsaturated/α-hetero) is 1. The van der Waals surface area contributed by atoms with E-state index in [1.54, 1.807) is 0 Å². The van der Waals surface area contributed by atoms with Gasteiger partial charge in [0.05, 0.1) is 18.6 Å². The summed E-state index contributed by atoms with van der Waals surface area (Å²) in [4.78, 5) is 27.7. The van der Waals surface area contributed by atoms with E-state index in [0.29, 0.717) is 0 Å². The lowest BCUT2D eigenvalue weighted by atomic mass is 10.1. The summed E-state index contributed by atoms with van der Waals surface area (Å²) < 4.78 is 6.81. The van der Waals surface area contributed by atoms with Crippen LogP contribution in [0.2, 0.25) is 18.1 Å². The summed E-state index contributed by atoms with van der Waals surface area (Å²) in [6.45, 7) is 10.4. The highest BCUT2D eigenvalue weighted by molar-refractivity contribution is 7.95. The zero-order valence-electron chi connectivity index (χ0n) is 26.9. The molecule has 2 atom stereocenters. The molecule has 0 aliphatic rings. The Morgan fingerprint density at radius 2 is 1.14 bits per heavy atom. The molecule has 6 heteroatoms. The normalized spacial score (nSPS) is 13.5. The van der Waals surface area contributed by atoms with Crippen LogP contribution in [0.1, 0.15) is 52.1 Å². The molecule has 0 heterocycles. The van der Waals surface area contributed by atoms with Crippen molar-refractivity contribution in [2.75, 3.05) is 0 Å². The number of hydrogen-bond donors (Lipinski definition) is 1. The van der Waals surface area contributed by atoms with Crippen LogP contribution in [-0.2, 0) is 14.0 Å². The van der Waals surface area contributed by atoms with Crippen molar-refractivity contribution in [3.8, 4) is 0 Å². The number of benzene rings is 4. The molecule has 2 unspecified atom stereocenters. The average Bonchev–Trinajstić information content (AvgIpc) is 3.00. The Balaban J connectivity index is 1.74. The maximum atomic E-state index is 14.3. The third-order valence-corrected chi connectivity index (χ3v) is 17.2. The van der Waals surface area contributed by atoms with Crippen molar-refractivity contribution in [3.63, 3.8) is 0 Å². The molecule has 1 N–H and O–H groups in total. The van der Waals surface area contributed by atoms with E-state index in [-0.39, 0.29) is 35.6 Å². The Hall–Kier alpha value is -3.50. The zero-order chi connectivity index (χ0) is 31.8. The van der Waals surface area contributed by atoms with Crippen molar-refractivity contribution in [1.29, 1.82) is 0 Å². The van der Waals surface area contributed by atoms with Crippen LogP contribution < -0.4 is 21.2 Å². The smallest absolute Gasteiger partial charge is 0.223 e. The van der Waals surface area contributed by atoms with Crippen molar-refractivity contribution >= 4 is 48.6 Å². The molecule has 0 aliphatic heterocycles. The van der Waals surface area contributed by atoms with E-state index >= 15 is 0 Å². The van der Waals surface area contributed by atoms with Gasteiger partial charge < -0.3 is 9.74 Å². The minimum atomic E-state index is -2.47. The Morgan fingerprint density at radius 1 is 0.727 bits per heavy atom. The molecule has 4 rings (SSSR count). The summed E-state index contributed by atoms with van der Waals surface area (Å²) in [5, 5.41) is 6.40. The quantitative estimate of drug-likeness (QED) is 0.132. The molecule has 0 fully saturated rings. The van der Waals surface area contributed by atoms with Crippen LogP contribution in [0.15, 0.2) is 121 Å². The fraction of sp³-hybridized carbons (Fsp3) is 0.289. The van der Waals surface area contributed by atoms with Gasteiger partial charge in [0.25, 0.3) is 0 Å². The lowest BCUT2D eigenvalue weighted by Gasteiger charge is -2.39. The Morgan fingerprint density at radius 3 is 1.55 bits per heavy atom. The molecule has 0 bridgehead atoms. The fourth-order valence-corrected chi connectivity index (χ4v) is 10.4. The van der Waals surface area contributed by atoms with Gasteiger partial charge in [-0.25, -0.2) is 0 Å². The van der Waals surface area contributed by atoms with Gasteiger partial charge in [0.15, 0.2) is 14.1 Å². The molecule has 0 radical (unpaired) electrons. The Labute approximate surface area is 265 Å². The average molecular weight is 624 g/mol. The maximum Gasteiger partial charge on any atom is 0.223 e. The van der Waals surface area contributed by atoms with E-state index in [1.165, 1.54) is 0 Å². The predicted octanol–water partition coefficient (Wildman–Crippen LogP) is 7.40. The third-order valence-electron chi connectivity index (χ3n) is 8.61. The van der Waals surface area contributed by atoms with Gasteiger partial charge in [0.2, 0.25) is 5.91 Å². The Kier molecular flexibility index (Phi) is 11.0. The second-order valence-electron chi connectivity index (χ2n) is 12.9. The lowest BCUT2D eigenvalue weighted by molar-refractivity contribution is -0.124. The molecule has 4 aromatic carbocycles. The molecule has 230 valence electrons. The van der Waals surface area contributed by atoms with E-state index < -0.39 is 21.3 Å². The standard InChI is InChI=1S/C38H46NO3PSi/c1-30(31-19-11-7-12-20-31)39-37(41)28-33(42-44(5,6)38(2,3)4)27-32(40)29-43(34-21-13-8-14-22-34,35-23-15-9-16-24-35)36-25-17-10-18-26-36/h7-26,29-30,33H,27-28H2,1-6H3,(H,39,41). The molecule has 4 aromatic rings. The van der Waals surface area contributed by atoms with Gasteiger partial charge in [-0.05, 0) is 59.2 Å². The summed E-state index contributed by atoms with van der Waals surface area (Å²) in [5.41, 5.74) is 1.04. The van der Waals surface area contributed by atoms with Gasteiger partial charge in [0.1, 0.15) is 0 Å². The molecule has 0 aromatic heterocycles. The summed E-state index contributed by atoms with van der Waals surface area (Å²) in [5.74, 6) is 1.83. The molecule has 0 saturated carbocycles. The molecular formula is C38H46NO3PSi. The minimum absolute atomic E-state index is 0.0116. The number of hydrogen-bond acceptors (Lipinski definition) is 3. The summed E-state index contributed by atoms with van der Waals surface area (Å²) >= 11 is 0. The molecule has 4 nitrogen and oxygen atoms in total. The van der Waals surface area contributed by atoms with E-state index in [2.05, 4.69) is 75.6 Å². The van der Waals surface area contributed by atoms with Crippen LogP contribution in [0.4, 0.5) is 0 Å². The first kappa shape index (κ1) is 33.4. The van der Waals surface area contributed by atoms with Crippen LogP contribution in [0.5, 0.6) is 0 Å². The van der Waals surface area contributed by atoms with Crippen LogP contribution in [-0.4, -0.2) is 31.9 Å². The van der Waals surface area contributed by atoms with Gasteiger partial charge >= 0.3 is 0 Å².